The fraction of sp³-hybridized carbons (Fsp3) is 0.423. The van der Waals surface area contributed by atoms with Crippen molar-refractivity contribution in [3.05, 3.63) is 47.2 Å². The van der Waals surface area contributed by atoms with Crippen LogP contribution in [-0.4, -0.2) is 89.0 Å². The number of carbonyl (C=O) groups excluding carboxylic acids is 1. The lowest BCUT2D eigenvalue weighted by Crippen LogP contribution is -2.57. The van der Waals surface area contributed by atoms with Crippen molar-refractivity contribution in [1.82, 2.24) is 34.9 Å². The van der Waals surface area contributed by atoms with Gasteiger partial charge in [-0.3, -0.25) is 9.69 Å². The quantitative estimate of drug-likeness (QED) is 0.287. The Morgan fingerprint density at radius 1 is 1.25 bits per heavy atom. The van der Waals surface area contributed by atoms with Gasteiger partial charge in [0.2, 0.25) is 0 Å². The van der Waals surface area contributed by atoms with E-state index in [2.05, 4.69) is 31.6 Å². The van der Waals surface area contributed by atoms with Gasteiger partial charge in [0.25, 0.3) is 21.1 Å². The van der Waals surface area contributed by atoms with Gasteiger partial charge in [-0.1, -0.05) is 5.92 Å². The number of thiocarbonyl (C=S) groups is 1. The molecule has 12 nitrogen and oxygen atoms in total. The number of hydrogen-bond acceptors (Lipinski definition) is 9. The summed E-state index contributed by atoms with van der Waals surface area (Å²) >= 11 is 5.02. The van der Waals surface area contributed by atoms with Crippen LogP contribution in [-0.2, 0) is 27.8 Å². The van der Waals surface area contributed by atoms with Crippen molar-refractivity contribution in [3.8, 4) is 12.3 Å². The molecule has 0 aliphatic carbocycles. The summed E-state index contributed by atoms with van der Waals surface area (Å²) in [5.41, 5.74) is 4.95. The van der Waals surface area contributed by atoms with Crippen molar-refractivity contribution >= 4 is 44.2 Å². The van der Waals surface area contributed by atoms with E-state index in [4.69, 9.17) is 27.9 Å². The molecule has 2 saturated heterocycles. The van der Waals surface area contributed by atoms with Gasteiger partial charge in [-0.05, 0) is 56.4 Å². The van der Waals surface area contributed by atoms with Gasteiger partial charge in [0.15, 0.2) is 0 Å². The van der Waals surface area contributed by atoms with Gasteiger partial charge in [-0.2, -0.15) is 4.31 Å². The second-order valence-corrected chi connectivity index (χ2v) is 12.5. The molecule has 0 radical (unpaired) electrons. The Balaban J connectivity index is 1.24. The first-order chi connectivity index (χ1) is 19.2. The number of piperazine rings is 1. The molecule has 2 atom stereocenters. The van der Waals surface area contributed by atoms with Crippen molar-refractivity contribution in [3.63, 3.8) is 0 Å². The summed E-state index contributed by atoms with van der Waals surface area (Å²) in [6.45, 7) is 1.87. The number of H-pyrrole nitrogens is 1. The first-order valence-electron chi connectivity index (χ1n) is 13.0. The fourth-order valence-corrected chi connectivity index (χ4v) is 7.06. The van der Waals surface area contributed by atoms with Gasteiger partial charge < -0.3 is 24.5 Å². The maximum Gasteiger partial charge on any atom is 0.310 e. The van der Waals surface area contributed by atoms with Crippen LogP contribution in [0, 0.1) is 12.3 Å². The Morgan fingerprint density at radius 3 is 2.88 bits per heavy atom. The molecule has 1 amide bonds. The molecule has 0 saturated carbocycles. The molecule has 5 heterocycles. The molecule has 1 aromatic carbocycles. The van der Waals surface area contributed by atoms with Crippen LogP contribution in [0.1, 0.15) is 40.5 Å². The number of aromatic amines is 1. The number of oxazole rings is 1. The predicted octanol–water partition coefficient (Wildman–Crippen LogP) is 1.16. The lowest BCUT2D eigenvalue weighted by atomic mass is 10.1. The topological polar surface area (TPSA) is 136 Å². The van der Waals surface area contributed by atoms with Crippen LogP contribution in [0.2, 0.25) is 0 Å². The summed E-state index contributed by atoms with van der Waals surface area (Å²) < 4.78 is 34.8. The number of sulfonamides is 1. The number of nitrogens with one attached hydrogen (secondary N) is 3. The normalized spacial score (nSPS) is 22.1. The van der Waals surface area contributed by atoms with Crippen molar-refractivity contribution < 1.29 is 22.5 Å². The van der Waals surface area contributed by atoms with E-state index in [1.54, 1.807) is 29.2 Å². The Morgan fingerprint density at radius 2 is 2.10 bits per heavy atom. The molecule has 2 fully saturated rings. The van der Waals surface area contributed by atoms with E-state index < -0.39 is 16.1 Å². The number of terminal acetylenes is 1. The zero-order valence-corrected chi connectivity index (χ0v) is 23.5. The maximum atomic E-state index is 13.7. The van der Waals surface area contributed by atoms with Crippen molar-refractivity contribution in [2.24, 2.45) is 0 Å². The molecule has 6 rings (SSSR count). The molecule has 40 heavy (non-hydrogen) atoms. The zero-order valence-electron chi connectivity index (χ0n) is 21.8. The summed E-state index contributed by atoms with van der Waals surface area (Å²) in [6.07, 6.45) is 6.99. The summed E-state index contributed by atoms with van der Waals surface area (Å²) in [7, 11) is -1.89. The Bertz CT molecular complexity index is 1630. The van der Waals surface area contributed by atoms with Crippen molar-refractivity contribution in [2.45, 2.75) is 43.0 Å². The third-order valence-corrected chi connectivity index (χ3v) is 9.55. The van der Waals surface area contributed by atoms with Crippen LogP contribution in [0.3, 0.4) is 0 Å². The number of nitrogens with zero attached hydrogens (tertiary/aromatic N) is 4. The summed E-state index contributed by atoms with van der Waals surface area (Å²) in [5, 5.41) is 4.05. The van der Waals surface area contributed by atoms with Crippen LogP contribution in [0.5, 0.6) is 0 Å². The number of hydrogen-bond donors (Lipinski definition) is 3. The van der Waals surface area contributed by atoms with Gasteiger partial charge >= 0.3 is 5.91 Å². The molecule has 0 bridgehead atoms. The third kappa shape index (κ3) is 5.06. The van der Waals surface area contributed by atoms with Gasteiger partial charge in [0, 0.05) is 55.1 Å². The van der Waals surface area contributed by atoms with E-state index in [0.717, 1.165) is 12.2 Å². The molecular formula is C26H29N7O5S2. The fourth-order valence-electron chi connectivity index (χ4n) is 5.39. The number of benzene rings is 1. The Hall–Kier alpha value is -3.48. The average Bonchev–Trinajstić information content (AvgIpc) is 3.68. The minimum atomic E-state index is -3.88. The van der Waals surface area contributed by atoms with Crippen molar-refractivity contribution in [1.29, 1.82) is 0 Å². The highest BCUT2D eigenvalue weighted by Gasteiger charge is 2.39. The largest absolute Gasteiger partial charge is 0.436 e. The number of rotatable bonds is 6. The molecule has 0 spiro atoms. The summed E-state index contributed by atoms with van der Waals surface area (Å²) in [5.74, 6) is 2.97. The summed E-state index contributed by atoms with van der Waals surface area (Å²) in [6, 6.07) is 6.46. The zero-order chi connectivity index (χ0) is 28.0. The lowest BCUT2D eigenvalue weighted by Gasteiger charge is -2.40. The number of likely N-dealkylation sites (N-methyl/N-ethyl adjacent to an activating group) is 1. The lowest BCUT2D eigenvalue weighted by molar-refractivity contribution is 0.0494. The highest BCUT2D eigenvalue weighted by atomic mass is 32.2. The molecule has 210 valence electrons. The van der Waals surface area contributed by atoms with Gasteiger partial charge in [0.1, 0.15) is 17.0 Å². The minimum absolute atomic E-state index is 0.0446. The number of carbonyl (C=O) groups is 1. The minimum Gasteiger partial charge on any atom is -0.436 e. The Kier molecular flexibility index (Phi) is 7.01. The highest BCUT2D eigenvalue weighted by Crippen LogP contribution is 2.27. The number of amides is 1. The molecule has 2 unspecified atom stereocenters. The SMILES string of the molecule is C#Cc1ccc2[nH]c(S(=O)(=O)N3CCN(C(=O)c4nc5c(o4)CN(C)CC5)C(CCC4NOC(=S)N4)C3)cc2c1. The second kappa shape index (κ2) is 10.5. The molecule has 3 N–H and O–H groups in total. The van der Waals surface area contributed by atoms with Crippen LogP contribution in [0.4, 0.5) is 0 Å². The van der Waals surface area contributed by atoms with E-state index in [-0.39, 0.29) is 47.8 Å². The number of fused-ring (bicyclic) bond motifs is 2. The van der Waals surface area contributed by atoms with E-state index in [1.807, 2.05) is 7.05 Å². The first-order valence-corrected chi connectivity index (χ1v) is 14.9. The van der Waals surface area contributed by atoms with E-state index in [1.165, 1.54) is 4.31 Å². The maximum absolute atomic E-state index is 13.7. The summed E-state index contributed by atoms with van der Waals surface area (Å²) in [4.78, 5) is 30.1. The molecule has 14 heteroatoms. The Labute approximate surface area is 237 Å². The van der Waals surface area contributed by atoms with E-state index >= 15 is 0 Å². The smallest absolute Gasteiger partial charge is 0.310 e. The van der Waals surface area contributed by atoms with Gasteiger partial charge in [-0.15, -0.1) is 11.9 Å². The van der Waals surface area contributed by atoms with Crippen LogP contribution < -0.4 is 10.8 Å². The van der Waals surface area contributed by atoms with Gasteiger partial charge in [0.05, 0.1) is 12.2 Å². The van der Waals surface area contributed by atoms with E-state index in [0.29, 0.717) is 48.0 Å². The van der Waals surface area contributed by atoms with E-state index in [9.17, 15) is 13.2 Å². The standard InChI is InChI=1S/C26H29N7O5S2/c1-3-16-4-6-19-17(12-16)13-23(27-19)40(35,36)32-10-11-33(18(14-32)5-7-22-29-26(39)38-30-22)25(34)24-28-20-8-9-31(2)15-21(20)37-24/h1,4,6,12-13,18,22,27,30H,5,7-11,14-15H2,2H3,(H,29,39). The van der Waals surface area contributed by atoms with Crippen LogP contribution in [0.15, 0.2) is 33.7 Å². The predicted molar refractivity (Wildman–Crippen MR) is 149 cm³/mol. The monoisotopic (exact) mass is 583 g/mol. The average molecular weight is 584 g/mol. The molecule has 3 aliphatic rings. The third-order valence-electron chi connectivity index (χ3n) is 7.57. The molecule has 3 aliphatic heterocycles. The van der Waals surface area contributed by atoms with Crippen LogP contribution >= 0.6 is 12.2 Å². The van der Waals surface area contributed by atoms with Crippen molar-refractivity contribution in [2.75, 3.05) is 33.2 Å². The second-order valence-electron chi connectivity index (χ2n) is 10.3. The highest BCUT2D eigenvalue weighted by molar-refractivity contribution is 7.89. The van der Waals surface area contributed by atoms with Crippen LogP contribution in [0.25, 0.3) is 10.9 Å². The molecule has 2 aromatic heterocycles. The van der Waals surface area contributed by atoms with Gasteiger partial charge in [-0.25, -0.2) is 13.4 Å². The molecule has 3 aromatic rings. The molecular weight excluding hydrogens is 554 g/mol. The number of hydroxylamine groups is 1. The number of aromatic nitrogens is 2. The first kappa shape index (κ1) is 26.7.